The molecule has 2 unspecified atom stereocenters. The zero-order valence-corrected chi connectivity index (χ0v) is 15.6. The van der Waals surface area contributed by atoms with Gasteiger partial charge in [0, 0.05) is 6.04 Å². The summed E-state index contributed by atoms with van der Waals surface area (Å²) in [5.74, 6) is 1.63. The van der Waals surface area contributed by atoms with E-state index < -0.39 is 0 Å². The maximum Gasteiger partial charge on any atom is 0.0885 e. The molecule has 2 heteroatoms. The van der Waals surface area contributed by atoms with Crippen LogP contribution in [0.5, 0.6) is 0 Å². The molecule has 0 spiro atoms. The summed E-state index contributed by atoms with van der Waals surface area (Å²) < 4.78 is 5.28. The van der Waals surface area contributed by atoms with Gasteiger partial charge in [0.1, 0.15) is 0 Å². The summed E-state index contributed by atoms with van der Waals surface area (Å²) in [6.45, 7) is 17.7. The van der Waals surface area contributed by atoms with E-state index in [9.17, 15) is 0 Å². The maximum atomic E-state index is 5.28. The van der Waals surface area contributed by atoms with Crippen molar-refractivity contribution in [3.8, 4) is 0 Å². The molecule has 0 N–H and O–H groups in total. The second-order valence-electron chi connectivity index (χ2n) is 6.03. The largest absolute Gasteiger partial charge is 0.502 e. The standard InChI is InChI=1S/C17H31NO.C2H6/c1-13(2)15(4)17(10-9-14(3)19-6)16(5)18-11-7-8-12-18;1-2/h9,16-17H,7-8,10-12H2,1-6H3;1-2H3/b14-9+;. The fourth-order valence-corrected chi connectivity index (χ4v) is 2.89. The Hall–Kier alpha value is -0.760. The first-order chi connectivity index (χ1) is 9.97. The van der Waals surface area contributed by atoms with Crippen LogP contribution < -0.4 is 0 Å². The van der Waals surface area contributed by atoms with Crippen LogP contribution in [0.3, 0.4) is 0 Å². The van der Waals surface area contributed by atoms with Gasteiger partial charge in [-0.25, -0.2) is 0 Å². The number of ether oxygens (including phenoxy) is 1. The Morgan fingerprint density at radius 1 is 1.10 bits per heavy atom. The quantitative estimate of drug-likeness (QED) is 0.480. The van der Waals surface area contributed by atoms with Crippen LogP contribution in [0, 0.1) is 5.92 Å². The topological polar surface area (TPSA) is 12.5 Å². The molecule has 1 saturated heterocycles. The molecule has 0 saturated carbocycles. The predicted molar refractivity (Wildman–Crippen MR) is 94.5 cm³/mol. The summed E-state index contributed by atoms with van der Waals surface area (Å²) in [6, 6.07) is 0.623. The highest BCUT2D eigenvalue weighted by molar-refractivity contribution is 5.15. The summed E-state index contributed by atoms with van der Waals surface area (Å²) >= 11 is 0. The fourth-order valence-electron chi connectivity index (χ4n) is 2.89. The van der Waals surface area contributed by atoms with Crippen LogP contribution in [0.1, 0.15) is 67.7 Å². The van der Waals surface area contributed by atoms with Crippen molar-refractivity contribution in [2.75, 3.05) is 20.2 Å². The molecule has 1 aliphatic rings. The highest BCUT2D eigenvalue weighted by Gasteiger charge is 2.26. The highest BCUT2D eigenvalue weighted by Crippen LogP contribution is 2.28. The minimum Gasteiger partial charge on any atom is -0.502 e. The molecule has 21 heavy (non-hydrogen) atoms. The lowest BCUT2D eigenvalue weighted by molar-refractivity contribution is 0.205. The summed E-state index contributed by atoms with van der Waals surface area (Å²) in [5, 5.41) is 0. The average Bonchev–Trinajstić information content (AvgIpc) is 3.02. The number of nitrogens with zero attached hydrogens (tertiary/aromatic N) is 1. The Morgan fingerprint density at radius 2 is 1.62 bits per heavy atom. The summed E-state index contributed by atoms with van der Waals surface area (Å²) in [5.41, 5.74) is 3.00. The summed E-state index contributed by atoms with van der Waals surface area (Å²) in [6.07, 6.45) is 6.04. The molecule has 0 radical (unpaired) electrons. The van der Waals surface area contributed by atoms with E-state index in [-0.39, 0.29) is 0 Å². The van der Waals surface area contributed by atoms with Crippen LogP contribution in [0.25, 0.3) is 0 Å². The number of likely N-dealkylation sites (tertiary alicyclic amines) is 1. The molecule has 1 heterocycles. The van der Waals surface area contributed by atoms with E-state index >= 15 is 0 Å². The van der Waals surface area contributed by atoms with E-state index in [2.05, 4.69) is 38.7 Å². The van der Waals surface area contributed by atoms with Gasteiger partial charge in [0.2, 0.25) is 0 Å². The van der Waals surface area contributed by atoms with E-state index in [0.29, 0.717) is 12.0 Å². The smallest absolute Gasteiger partial charge is 0.0885 e. The van der Waals surface area contributed by atoms with Crippen molar-refractivity contribution in [2.24, 2.45) is 5.92 Å². The SMILES string of the molecule is CC.CO/C(C)=C/CC(C(C)=C(C)C)C(C)N1CCCC1. The van der Waals surface area contributed by atoms with Crippen molar-refractivity contribution in [3.63, 3.8) is 0 Å². The zero-order valence-electron chi connectivity index (χ0n) is 15.6. The molecule has 2 atom stereocenters. The lowest BCUT2D eigenvalue weighted by Gasteiger charge is -2.32. The van der Waals surface area contributed by atoms with Gasteiger partial charge in [0.25, 0.3) is 0 Å². The van der Waals surface area contributed by atoms with Crippen molar-refractivity contribution in [3.05, 3.63) is 23.0 Å². The van der Waals surface area contributed by atoms with E-state index in [0.717, 1.165) is 12.2 Å². The number of hydrogen-bond acceptors (Lipinski definition) is 2. The monoisotopic (exact) mass is 295 g/mol. The Morgan fingerprint density at radius 3 is 2.05 bits per heavy atom. The van der Waals surface area contributed by atoms with Crippen LogP contribution in [0.2, 0.25) is 0 Å². The fraction of sp³-hybridized carbons (Fsp3) is 0.789. The number of hydrogen-bond donors (Lipinski definition) is 0. The summed E-state index contributed by atoms with van der Waals surface area (Å²) in [7, 11) is 1.75. The first-order valence-electron chi connectivity index (χ1n) is 8.56. The van der Waals surface area contributed by atoms with Gasteiger partial charge in [-0.3, -0.25) is 0 Å². The van der Waals surface area contributed by atoms with Gasteiger partial charge >= 0.3 is 0 Å². The normalized spacial score (nSPS) is 18.6. The molecular weight excluding hydrogens is 258 g/mol. The number of rotatable bonds is 6. The molecule has 1 aliphatic heterocycles. The third-order valence-corrected chi connectivity index (χ3v) is 4.63. The van der Waals surface area contributed by atoms with Gasteiger partial charge in [-0.15, -0.1) is 0 Å². The first-order valence-corrected chi connectivity index (χ1v) is 8.56. The molecule has 0 aromatic heterocycles. The van der Waals surface area contributed by atoms with Crippen molar-refractivity contribution in [2.45, 2.75) is 73.8 Å². The highest BCUT2D eigenvalue weighted by atomic mass is 16.5. The van der Waals surface area contributed by atoms with E-state index in [1.165, 1.54) is 31.5 Å². The molecule has 0 aliphatic carbocycles. The van der Waals surface area contributed by atoms with Gasteiger partial charge in [-0.1, -0.05) is 25.0 Å². The van der Waals surface area contributed by atoms with Crippen molar-refractivity contribution in [1.82, 2.24) is 4.90 Å². The minimum atomic E-state index is 0.605. The zero-order chi connectivity index (χ0) is 16.4. The van der Waals surface area contributed by atoms with Crippen molar-refractivity contribution < 1.29 is 4.74 Å². The molecule has 0 aromatic rings. The van der Waals surface area contributed by atoms with Crippen molar-refractivity contribution >= 4 is 0 Å². The van der Waals surface area contributed by atoms with E-state index in [4.69, 9.17) is 4.74 Å². The van der Waals surface area contributed by atoms with Crippen LogP contribution >= 0.6 is 0 Å². The van der Waals surface area contributed by atoms with Gasteiger partial charge in [0.15, 0.2) is 0 Å². The van der Waals surface area contributed by atoms with Crippen molar-refractivity contribution in [1.29, 1.82) is 0 Å². The third kappa shape index (κ3) is 6.69. The van der Waals surface area contributed by atoms with Crippen LogP contribution in [0.4, 0.5) is 0 Å². The molecular formula is C19H37NO. The second kappa shape index (κ2) is 10.9. The lowest BCUT2D eigenvalue weighted by Crippen LogP contribution is -2.37. The summed E-state index contributed by atoms with van der Waals surface area (Å²) in [4.78, 5) is 2.65. The molecule has 124 valence electrons. The van der Waals surface area contributed by atoms with Gasteiger partial charge in [0.05, 0.1) is 12.9 Å². The van der Waals surface area contributed by atoms with Crippen LogP contribution in [0.15, 0.2) is 23.0 Å². The first kappa shape index (κ1) is 20.2. The molecule has 2 nitrogen and oxygen atoms in total. The van der Waals surface area contributed by atoms with E-state index in [1.807, 2.05) is 20.8 Å². The number of methoxy groups -OCH3 is 1. The predicted octanol–water partition coefficient (Wildman–Crippen LogP) is 5.41. The molecule has 0 aromatic carbocycles. The molecule has 1 fully saturated rings. The van der Waals surface area contributed by atoms with E-state index in [1.54, 1.807) is 12.7 Å². The van der Waals surface area contributed by atoms with Crippen LogP contribution in [-0.2, 0) is 4.74 Å². The Bertz CT molecular complexity index is 333. The molecule has 0 amide bonds. The van der Waals surface area contributed by atoms with Gasteiger partial charge in [-0.05, 0) is 79.0 Å². The average molecular weight is 296 g/mol. The number of allylic oxidation sites excluding steroid dienone is 3. The van der Waals surface area contributed by atoms with Gasteiger partial charge < -0.3 is 9.64 Å². The Kier molecular flexibility index (Phi) is 10.5. The maximum absolute atomic E-state index is 5.28. The Labute approximate surface area is 133 Å². The molecule has 1 rings (SSSR count). The minimum absolute atomic E-state index is 0.605. The lowest BCUT2D eigenvalue weighted by atomic mass is 9.86. The Balaban J connectivity index is 0.00000191. The second-order valence-corrected chi connectivity index (χ2v) is 6.03. The van der Waals surface area contributed by atoms with Gasteiger partial charge in [-0.2, -0.15) is 0 Å². The van der Waals surface area contributed by atoms with Crippen LogP contribution in [-0.4, -0.2) is 31.1 Å². The third-order valence-electron chi connectivity index (χ3n) is 4.63. The molecule has 0 bridgehead atoms.